The second-order valence-electron chi connectivity index (χ2n) is 4.02. The second-order valence-corrected chi connectivity index (χ2v) is 4.91. The molecule has 1 aliphatic rings. The molecular weight excluding hydrogens is 222 g/mol. The van der Waals surface area contributed by atoms with E-state index in [4.69, 9.17) is 4.74 Å². The molecule has 0 radical (unpaired) electrons. The lowest BCUT2D eigenvalue weighted by atomic mass is 10.2. The van der Waals surface area contributed by atoms with Gasteiger partial charge in [-0.2, -0.15) is 5.10 Å². The van der Waals surface area contributed by atoms with Crippen molar-refractivity contribution in [3.63, 3.8) is 0 Å². The Bertz CT molecular complexity index is 490. The third kappa shape index (κ3) is 1.55. The van der Waals surface area contributed by atoms with Crippen molar-refractivity contribution in [2.45, 2.75) is 19.1 Å². The van der Waals surface area contributed by atoms with Crippen LogP contribution in [0, 0.1) is 0 Å². The number of nitrogens with zero attached hydrogens (tertiary/aromatic N) is 2. The lowest BCUT2D eigenvalue weighted by Gasteiger charge is -2.15. The summed E-state index contributed by atoms with van der Waals surface area (Å²) < 4.78 is 8.01. The minimum Gasteiger partial charge on any atom is -0.370 e. The van der Waals surface area contributed by atoms with Crippen molar-refractivity contribution in [2.75, 3.05) is 20.2 Å². The summed E-state index contributed by atoms with van der Waals surface area (Å²) in [6.07, 6.45) is 1.18. The Morgan fingerprint density at radius 3 is 3.50 bits per heavy atom. The molecule has 0 fully saturated rings. The summed E-state index contributed by atoms with van der Waals surface area (Å²) >= 11 is 1.70. The van der Waals surface area contributed by atoms with Crippen molar-refractivity contribution < 1.29 is 4.74 Å². The van der Waals surface area contributed by atoms with Crippen LogP contribution in [-0.4, -0.2) is 30.0 Å². The summed E-state index contributed by atoms with van der Waals surface area (Å²) in [7, 11) is 1.96. The molecule has 0 saturated carbocycles. The number of aryl methyl sites for hydroxylation is 1. The van der Waals surface area contributed by atoms with E-state index in [1.165, 1.54) is 11.1 Å². The minimum absolute atomic E-state index is 0.132. The predicted molar refractivity (Wildman–Crippen MR) is 64.8 cm³/mol. The highest BCUT2D eigenvalue weighted by Crippen LogP contribution is 2.31. The average Bonchev–Trinajstić information content (AvgIpc) is 2.78. The van der Waals surface area contributed by atoms with Gasteiger partial charge in [0.15, 0.2) is 0 Å². The van der Waals surface area contributed by atoms with Gasteiger partial charge >= 0.3 is 0 Å². The molecule has 0 unspecified atom stereocenters. The van der Waals surface area contributed by atoms with Gasteiger partial charge < -0.3 is 10.1 Å². The summed E-state index contributed by atoms with van der Waals surface area (Å²) in [5.41, 5.74) is 1.24. The number of rotatable bonds is 2. The molecular formula is C11H15N3OS. The van der Waals surface area contributed by atoms with Gasteiger partial charge in [-0.15, -0.1) is 11.3 Å². The van der Waals surface area contributed by atoms with E-state index in [0.717, 1.165) is 30.9 Å². The van der Waals surface area contributed by atoms with Crippen LogP contribution in [0.15, 0.2) is 11.4 Å². The van der Waals surface area contributed by atoms with Crippen LogP contribution in [-0.2, 0) is 11.3 Å². The van der Waals surface area contributed by atoms with E-state index in [0.29, 0.717) is 0 Å². The SMILES string of the molecule is CNC[C@H]1OCCCn2nc3sccc3c21. The summed E-state index contributed by atoms with van der Waals surface area (Å²) in [5.74, 6) is 0. The third-order valence-electron chi connectivity index (χ3n) is 2.94. The van der Waals surface area contributed by atoms with Gasteiger partial charge in [0.1, 0.15) is 10.9 Å². The molecule has 0 spiro atoms. The van der Waals surface area contributed by atoms with Gasteiger partial charge in [-0.25, -0.2) is 0 Å². The van der Waals surface area contributed by atoms with Crippen LogP contribution < -0.4 is 5.32 Å². The van der Waals surface area contributed by atoms with E-state index in [1.54, 1.807) is 11.3 Å². The molecule has 2 aromatic heterocycles. The van der Waals surface area contributed by atoms with Crippen molar-refractivity contribution >= 4 is 21.6 Å². The highest BCUT2D eigenvalue weighted by Gasteiger charge is 2.23. The number of likely N-dealkylation sites (N-methyl/N-ethyl adjacent to an activating group) is 1. The topological polar surface area (TPSA) is 39.1 Å². The molecule has 1 atom stereocenters. The number of hydrogen-bond donors (Lipinski definition) is 1. The van der Waals surface area contributed by atoms with Crippen LogP contribution in [0.25, 0.3) is 10.2 Å². The van der Waals surface area contributed by atoms with Gasteiger partial charge in [-0.05, 0) is 24.9 Å². The molecule has 2 aromatic rings. The van der Waals surface area contributed by atoms with Gasteiger partial charge in [-0.1, -0.05) is 0 Å². The summed E-state index contributed by atoms with van der Waals surface area (Å²) in [5, 5.41) is 11.2. The van der Waals surface area contributed by atoms with Crippen molar-refractivity contribution in [2.24, 2.45) is 0 Å². The highest BCUT2D eigenvalue weighted by molar-refractivity contribution is 7.16. The smallest absolute Gasteiger partial charge is 0.145 e. The monoisotopic (exact) mass is 237 g/mol. The summed E-state index contributed by atoms with van der Waals surface area (Å²) in [4.78, 5) is 1.13. The molecule has 5 heteroatoms. The van der Waals surface area contributed by atoms with Crippen LogP contribution >= 0.6 is 11.3 Å². The van der Waals surface area contributed by atoms with Gasteiger partial charge in [0.25, 0.3) is 0 Å². The predicted octanol–water partition coefficient (Wildman–Crippen LogP) is 1.78. The maximum absolute atomic E-state index is 5.89. The number of ether oxygens (including phenoxy) is 1. The highest BCUT2D eigenvalue weighted by atomic mass is 32.1. The number of thiophene rings is 1. The van der Waals surface area contributed by atoms with E-state index in [2.05, 4.69) is 26.5 Å². The third-order valence-corrected chi connectivity index (χ3v) is 3.74. The van der Waals surface area contributed by atoms with Crippen LogP contribution in [0.2, 0.25) is 0 Å². The molecule has 0 aromatic carbocycles. The second kappa shape index (κ2) is 4.16. The molecule has 86 valence electrons. The normalized spacial score (nSPS) is 20.9. The van der Waals surface area contributed by atoms with E-state index >= 15 is 0 Å². The van der Waals surface area contributed by atoms with Crippen molar-refractivity contribution in [1.29, 1.82) is 0 Å². The van der Waals surface area contributed by atoms with E-state index < -0.39 is 0 Å². The van der Waals surface area contributed by atoms with E-state index in [1.807, 2.05) is 7.05 Å². The molecule has 0 saturated heterocycles. The molecule has 1 aliphatic heterocycles. The Labute approximate surface area is 98.2 Å². The van der Waals surface area contributed by atoms with Crippen molar-refractivity contribution in [1.82, 2.24) is 15.1 Å². The number of nitrogens with one attached hydrogen (secondary N) is 1. The molecule has 1 N–H and O–H groups in total. The van der Waals surface area contributed by atoms with Gasteiger partial charge in [0.05, 0.1) is 5.69 Å². The Kier molecular flexibility index (Phi) is 2.67. The van der Waals surface area contributed by atoms with Gasteiger partial charge in [0.2, 0.25) is 0 Å². The fraction of sp³-hybridized carbons (Fsp3) is 0.545. The molecule has 16 heavy (non-hydrogen) atoms. The van der Waals surface area contributed by atoms with Gasteiger partial charge in [-0.3, -0.25) is 4.68 Å². The average molecular weight is 237 g/mol. The summed E-state index contributed by atoms with van der Waals surface area (Å²) in [6, 6.07) is 2.15. The zero-order valence-electron chi connectivity index (χ0n) is 9.27. The minimum atomic E-state index is 0.132. The van der Waals surface area contributed by atoms with Crippen LogP contribution in [0.4, 0.5) is 0 Å². The van der Waals surface area contributed by atoms with Gasteiger partial charge in [0, 0.05) is 25.1 Å². The Hall–Kier alpha value is -0.910. The lowest BCUT2D eigenvalue weighted by Crippen LogP contribution is -2.20. The van der Waals surface area contributed by atoms with Crippen LogP contribution in [0.3, 0.4) is 0 Å². The number of hydrogen-bond acceptors (Lipinski definition) is 4. The first-order chi connectivity index (χ1) is 7.90. The fourth-order valence-corrected chi connectivity index (χ4v) is 3.02. The first-order valence-electron chi connectivity index (χ1n) is 5.60. The Morgan fingerprint density at radius 2 is 2.62 bits per heavy atom. The maximum Gasteiger partial charge on any atom is 0.145 e. The largest absolute Gasteiger partial charge is 0.370 e. The zero-order valence-corrected chi connectivity index (χ0v) is 10.1. The maximum atomic E-state index is 5.89. The van der Waals surface area contributed by atoms with Crippen molar-refractivity contribution in [3.05, 3.63) is 17.1 Å². The molecule has 4 nitrogen and oxygen atoms in total. The molecule has 0 amide bonds. The van der Waals surface area contributed by atoms with Crippen LogP contribution in [0.5, 0.6) is 0 Å². The van der Waals surface area contributed by atoms with Crippen molar-refractivity contribution in [3.8, 4) is 0 Å². The standard InChI is InChI=1S/C11H15N3OS/c1-12-7-9-10-8-3-6-16-11(8)13-14(10)4-2-5-15-9/h3,6,9,12H,2,4-5,7H2,1H3/t9-/m1/s1. The first kappa shape index (κ1) is 10.3. The molecule has 0 bridgehead atoms. The fourth-order valence-electron chi connectivity index (χ4n) is 2.25. The van der Waals surface area contributed by atoms with E-state index in [-0.39, 0.29) is 6.10 Å². The summed E-state index contributed by atoms with van der Waals surface area (Å²) in [6.45, 7) is 2.63. The molecule has 3 heterocycles. The number of aromatic nitrogens is 2. The zero-order chi connectivity index (χ0) is 11.0. The Balaban J connectivity index is 2.11. The lowest BCUT2D eigenvalue weighted by molar-refractivity contribution is 0.0581. The number of fused-ring (bicyclic) bond motifs is 3. The van der Waals surface area contributed by atoms with Crippen LogP contribution in [0.1, 0.15) is 18.2 Å². The molecule has 3 rings (SSSR count). The molecule has 0 aliphatic carbocycles. The Morgan fingerprint density at radius 1 is 1.69 bits per heavy atom. The van der Waals surface area contributed by atoms with E-state index in [9.17, 15) is 0 Å². The first-order valence-corrected chi connectivity index (χ1v) is 6.48. The quantitative estimate of drug-likeness (QED) is 0.865.